The summed E-state index contributed by atoms with van der Waals surface area (Å²) in [6.45, 7) is 2.35. The van der Waals surface area contributed by atoms with E-state index in [1.165, 1.54) is 17.1 Å². The van der Waals surface area contributed by atoms with Gasteiger partial charge in [0.25, 0.3) is 0 Å². The molecule has 5 heteroatoms. The van der Waals surface area contributed by atoms with Crippen molar-refractivity contribution >= 4 is 5.70 Å². The summed E-state index contributed by atoms with van der Waals surface area (Å²) in [6.07, 6.45) is 1.58. The molecule has 0 saturated heterocycles. The van der Waals surface area contributed by atoms with Gasteiger partial charge >= 0.3 is 0 Å². The van der Waals surface area contributed by atoms with Crippen molar-refractivity contribution in [2.24, 2.45) is 17.3 Å². The minimum Gasteiger partial charge on any atom is -0.397 e. The fourth-order valence-corrected chi connectivity index (χ4v) is 1.28. The summed E-state index contributed by atoms with van der Waals surface area (Å²) in [6, 6.07) is 5.86. The van der Waals surface area contributed by atoms with Crippen molar-refractivity contribution in [1.82, 2.24) is 5.01 Å². The van der Waals surface area contributed by atoms with Gasteiger partial charge in [0.05, 0.1) is 5.70 Å². The lowest BCUT2D eigenvalue weighted by molar-refractivity contribution is 0.370. The van der Waals surface area contributed by atoms with E-state index in [0.29, 0.717) is 12.2 Å². The van der Waals surface area contributed by atoms with Crippen LogP contribution in [0.1, 0.15) is 12.5 Å². The highest BCUT2D eigenvalue weighted by Gasteiger charge is 2.01. The Morgan fingerprint density at radius 2 is 2.00 bits per heavy atom. The van der Waals surface area contributed by atoms with Gasteiger partial charge in [-0.25, -0.2) is 10.2 Å². The van der Waals surface area contributed by atoms with E-state index in [9.17, 15) is 4.39 Å². The molecule has 0 aliphatic carbocycles. The van der Waals surface area contributed by atoms with Crippen molar-refractivity contribution in [2.45, 2.75) is 13.0 Å². The summed E-state index contributed by atoms with van der Waals surface area (Å²) >= 11 is 0. The Morgan fingerprint density at radius 3 is 2.50 bits per heavy atom. The van der Waals surface area contributed by atoms with Gasteiger partial charge in [-0.05, 0) is 36.8 Å². The Kier molecular flexibility index (Phi) is 4.28. The fraction of sp³-hybridized carbons (Fsp3) is 0.273. The van der Waals surface area contributed by atoms with Crippen molar-refractivity contribution in [2.75, 3.05) is 6.54 Å². The molecule has 6 N–H and O–H groups in total. The number of halogens is 1. The van der Waals surface area contributed by atoms with Crippen LogP contribution in [0.4, 0.5) is 4.39 Å². The zero-order chi connectivity index (χ0) is 12.1. The van der Waals surface area contributed by atoms with Crippen LogP contribution in [0.15, 0.2) is 30.5 Å². The zero-order valence-corrected chi connectivity index (χ0v) is 9.23. The third-order valence-corrected chi connectivity index (χ3v) is 1.98. The van der Waals surface area contributed by atoms with E-state index in [4.69, 9.17) is 17.3 Å². The van der Waals surface area contributed by atoms with E-state index in [1.807, 2.05) is 6.92 Å². The normalized spacial score (nSPS) is 13.6. The first-order chi connectivity index (χ1) is 7.49. The van der Waals surface area contributed by atoms with Gasteiger partial charge in [-0.1, -0.05) is 0 Å². The third kappa shape index (κ3) is 3.88. The molecule has 4 nitrogen and oxygen atoms in total. The molecule has 0 heterocycles. The first-order valence-electron chi connectivity index (χ1n) is 4.99. The van der Waals surface area contributed by atoms with Crippen molar-refractivity contribution in [1.29, 1.82) is 0 Å². The maximum absolute atomic E-state index is 12.7. The lowest BCUT2D eigenvalue weighted by Gasteiger charge is -2.17. The minimum absolute atomic E-state index is 0.0396. The molecule has 0 fully saturated rings. The summed E-state index contributed by atoms with van der Waals surface area (Å²) < 4.78 is 12.7. The molecule has 0 radical (unpaired) electrons. The molecule has 0 saturated carbocycles. The first-order valence-corrected chi connectivity index (χ1v) is 4.99. The molecule has 1 aromatic carbocycles. The maximum atomic E-state index is 12.7. The summed E-state index contributed by atoms with van der Waals surface area (Å²) in [5, 5.41) is 1.42. The van der Waals surface area contributed by atoms with Gasteiger partial charge in [0.15, 0.2) is 0 Å². The van der Waals surface area contributed by atoms with E-state index >= 15 is 0 Å². The van der Waals surface area contributed by atoms with Crippen LogP contribution in [-0.4, -0.2) is 17.6 Å². The van der Waals surface area contributed by atoms with Gasteiger partial charge in [0, 0.05) is 18.8 Å². The molecule has 0 bridgehead atoms. The second-order valence-electron chi connectivity index (χ2n) is 3.77. The molecule has 16 heavy (non-hydrogen) atoms. The van der Waals surface area contributed by atoms with E-state index in [-0.39, 0.29) is 11.9 Å². The smallest absolute Gasteiger partial charge is 0.123 e. The lowest BCUT2D eigenvalue weighted by Crippen LogP contribution is -2.37. The highest BCUT2D eigenvalue weighted by molar-refractivity contribution is 5.61. The Balaban J connectivity index is 2.73. The second kappa shape index (κ2) is 5.48. The summed E-state index contributed by atoms with van der Waals surface area (Å²) in [5.41, 5.74) is 12.6. The Hall–Kier alpha value is -1.59. The van der Waals surface area contributed by atoms with Crippen LogP contribution in [0.2, 0.25) is 0 Å². The van der Waals surface area contributed by atoms with Gasteiger partial charge in [-0.2, -0.15) is 0 Å². The molecule has 1 rings (SSSR count). The molecule has 1 atom stereocenters. The van der Waals surface area contributed by atoms with Gasteiger partial charge in [0.2, 0.25) is 0 Å². The van der Waals surface area contributed by atoms with E-state index < -0.39 is 0 Å². The Labute approximate surface area is 94.5 Å². The average molecular weight is 224 g/mol. The first kappa shape index (κ1) is 12.5. The number of nitrogens with zero attached hydrogens (tertiary/aromatic N) is 1. The maximum Gasteiger partial charge on any atom is 0.123 e. The van der Waals surface area contributed by atoms with Crippen LogP contribution < -0.4 is 17.3 Å². The zero-order valence-electron chi connectivity index (χ0n) is 9.23. The van der Waals surface area contributed by atoms with Crippen molar-refractivity contribution in [3.05, 3.63) is 41.8 Å². The topological polar surface area (TPSA) is 81.3 Å². The molecule has 1 aromatic rings. The molecule has 0 aliphatic heterocycles. The quantitative estimate of drug-likeness (QED) is 0.517. The number of rotatable bonds is 4. The number of hydrogen-bond donors (Lipinski definition) is 3. The highest BCUT2D eigenvalue weighted by atomic mass is 19.1. The van der Waals surface area contributed by atoms with Gasteiger partial charge in [0.1, 0.15) is 5.82 Å². The molecular formula is C11H17FN4. The van der Waals surface area contributed by atoms with E-state index in [1.54, 1.807) is 18.3 Å². The number of hydrazine groups is 1. The van der Waals surface area contributed by atoms with Gasteiger partial charge < -0.3 is 16.5 Å². The largest absolute Gasteiger partial charge is 0.397 e. The van der Waals surface area contributed by atoms with Gasteiger partial charge in [-0.15, -0.1) is 0 Å². The van der Waals surface area contributed by atoms with Crippen molar-refractivity contribution in [3.63, 3.8) is 0 Å². The van der Waals surface area contributed by atoms with Crippen molar-refractivity contribution in [3.8, 4) is 0 Å². The summed E-state index contributed by atoms with van der Waals surface area (Å²) in [4.78, 5) is 0. The molecular weight excluding hydrogens is 207 g/mol. The summed E-state index contributed by atoms with van der Waals surface area (Å²) in [7, 11) is 0. The standard InChI is InChI=1S/C11H17FN4/c1-8(13)6-16(15)7-11(14)9-2-4-10(12)5-3-9/h2-5,7-8H,6,13-15H2,1H3/b11-7-. The molecule has 0 spiro atoms. The van der Waals surface area contributed by atoms with Crippen LogP contribution in [0.25, 0.3) is 5.70 Å². The van der Waals surface area contributed by atoms with Crippen LogP contribution in [-0.2, 0) is 0 Å². The van der Waals surface area contributed by atoms with Crippen LogP contribution in [0, 0.1) is 5.82 Å². The van der Waals surface area contributed by atoms with Gasteiger partial charge in [-0.3, -0.25) is 0 Å². The number of benzene rings is 1. The number of hydrogen-bond acceptors (Lipinski definition) is 4. The molecule has 1 unspecified atom stereocenters. The fourth-order valence-electron chi connectivity index (χ4n) is 1.28. The van der Waals surface area contributed by atoms with Crippen LogP contribution in [0.5, 0.6) is 0 Å². The van der Waals surface area contributed by atoms with Crippen molar-refractivity contribution < 1.29 is 4.39 Å². The Morgan fingerprint density at radius 1 is 1.44 bits per heavy atom. The predicted octanol–water partition coefficient (Wildman–Crippen LogP) is 0.606. The molecule has 0 aliphatic rings. The monoisotopic (exact) mass is 224 g/mol. The Bertz CT molecular complexity index is 359. The molecule has 88 valence electrons. The second-order valence-corrected chi connectivity index (χ2v) is 3.77. The van der Waals surface area contributed by atoms with E-state index in [0.717, 1.165) is 5.56 Å². The predicted molar refractivity (Wildman–Crippen MR) is 63.1 cm³/mol. The minimum atomic E-state index is -0.295. The highest BCUT2D eigenvalue weighted by Crippen LogP contribution is 2.09. The van der Waals surface area contributed by atoms with Crippen LogP contribution >= 0.6 is 0 Å². The summed E-state index contributed by atoms with van der Waals surface area (Å²) in [5.74, 6) is 5.37. The number of nitrogens with two attached hydrogens (primary N) is 3. The molecule has 0 aromatic heterocycles. The lowest BCUT2D eigenvalue weighted by atomic mass is 10.2. The SMILES string of the molecule is CC(N)CN(N)/C=C(\N)c1ccc(F)cc1. The van der Waals surface area contributed by atoms with E-state index in [2.05, 4.69) is 0 Å². The molecule has 0 amide bonds. The third-order valence-electron chi connectivity index (χ3n) is 1.98. The average Bonchev–Trinajstić information content (AvgIpc) is 2.16. The van der Waals surface area contributed by atoms with Crippen LogP contribution in [0.3, 0.4) is 0 Å².